The van der Waals surface area contributed by atoms with Gasteiger partial charge in [0, 0.05) is 4.47 Å². The fourth-order valence-electron chi connectivity index (χ4n) is 1.10. The van der Waals surface area contributed by atoms with Crippen LogP contribution in [0, 0.1) is 5.41 Å². The monoisotopic (exact) mass is 271 g/mol. The highest BCUT2D eigenvalue weighted by molar-refractivity contribution is 9.10. The first-order valence-electron chi connectivity index (χ1n) is 5.12. The molecule has 0 saturated carbocycles. The summed E-state index contributed by atoms with van der Waals surface area (Å²) in [5.74, 6) is 0.900. The fourth-order valence-corrected chi connectivity index (χ4v) is 1.48. The van der Waals surface area contributed by atoms with Crippen LogP contribution in [0.15, 0.2) is 28.7 Å². The minimum absolute atomic E-state index is 0.159. The molecule has 0 radical (unpaired) electrons. The van der Waals surface area contributed by atoms with Gasteiger partial charge in [0.25, 0.3) is 0 Å². The summed E-state index contributed by atoms with van der Waals surface area (Å²) >= 11 is 3.41. The van der Waals surface area contributed by atoms with Gasteiger partial charge in [0.15, 0.2) is 0 Å². The molecule has 15 heavy (non-hydrogen) atoms. The van der Waals surface area contributed by atoms with Crippen LogP contribution in [0.1, 0.15) is 20.3 Å². The lowest BCUT2D eigenvalue weighted by Gasteiger charge is -2.22. The van der Waals surface area contributed by atoms with Crippen molar-refractivity contribution >= 4 is 15.9 Å². The summed E-state index contributed by atoms with van der Waals surface area (Å²) in [6.07, 6.45) is 0.968. The third kappa shape index (κ3) is 4.67. The summed E-state index contributed by atoms with van der Waals surface area (Å²) in [5.41, 5.74) is 5.81. The Morgan fingerprint density at radius 2 is 2.13 bits per heavy atom. The zero-order valence-electron chi connectivity index (χ0n) is 9.29. The second-order valence-electron chi connectivity index (χ2n) is 4.42. The molecule has 1 rings (SSSR count). The third-order valence-electron chi connectivity index (χ3n) is 2.40. The molecule has 0 fully saturated rings. The predicted octanol–water partition coefficient (Wildman–Crippen LogP) is 3.20. The molecule has 2 N–H and O–H groups in total. The summed E-state index contributed by atoms with van der Waals surface area (Å²) in [6, 6.07) is 7.87. The van der Waals surface area contributed by atoms with Crippen molar-refractivity contribution in [3.05, 3.63) is 28.7 Å². The molecule has 0 aromatic heterocycles. The van der Waals surface area contributed by atoms with Crippen LogP contribution in [0.2, 0.25) is 0 Å². The van der Waals surface area contributed by atoms with Crippen LogP contribution in [-0.2, 0) is 0 Å². The molecular formula is C12H18BrNO. The molecule has 0 bridgehead atoms. The van der Waals surface area contributed by atoms with E-state index in [0.717, 1.165) is 16.6 Å². The first kappa shape index (κ1) is 12.5. The largest absolute Gasteiger partial charge is 0.494 e. The van der Waals surface area contributed by atoms with Crippen LogP contribution in [0.5, 0.6) is 5.75 Å². The number of benzene rings is 1. The van der Waals surface area contributed by atoms with Crippen molar-refractivity contribution in [1.82, 2.24) is 0 Å². The van der Waals surface area contributed by atoms with Crippen molar-refractivity contribution < 1.29 is 4.74 Å². The predicted molar refractivity (Wildman–Crippen MR) is 67.1 cm³/mol. The van der Waals surface area contributed by atoms with Crippen molar-refractivity contribution in [2.24, 2.45) is 11.1 Å². The van der Waals surface area contributed by atoms with Crippen molar-refractivity contribution in [1.29, 1.82) is 0 Å². The number of halogens is 1. The van der Waals surface area contributed by atoms with E-state index < -0.39 is 0 Å². The van der Waals surface area contributed by atoms with E-state index in [4.69, 9.17) is 10.5 Å². The lowest BCUT2D eigenvalue weighted by atomic mass is 9.90. The molecule has 0 amide bonds. The van der Waals surface area contributed by atoms with Gasteiger partial charge in [-0.15, -0.1) is 0 Å². The van der Waals surface area contributed by atoms with Crippen molar-refractivity contribution in [2.75, 3.05) is 13.2 Å². The maximum absolute atomic E-state index is 5.65. The van der Waals surface area contributed by atoms with Crippen molar-refractivity contribution in [3.8, 4) is 5.75 Å². The van der Waals surface area contributed by atoms with Crippen molar-refractivity contribution in [3.63, 3.8) is 0 Å². The van der Waals surface area contributed by atoms with Gasteiger partial charge < -0.3 is 10.5 Å². The summed E-state index contributed by atoms with van der Waals surface area (Å²) < 4.78 is 6.68. The molecule has 0 atom stereocenters. The van der Waals surface area contributed by atoms with E-state index >= 15 is 0 Å². The highest BCUT2D eigenvalue weighted by Crippen LogP contribution is 2.21. The molecule has 0 saturated heterocycles. The molecule has 1 aromatic carbocycles. The molecule has 84 valence electrons. The Bertz CT molecular complexity index is 312. The SMILES string of the molecule is CC(C)(CN)CCOc1cccc(Br)c1. The molecular weight excluding hydrogens is 254 g/mol. The molecule has 0 spiro atoms. The molecule has 3 heteroatoms. The number of rotatable bonds is 5. The highest BCUT2D eigenvalue weighted by Gasteiger charge is 2.15. The summed E-state index contributed by atoms with van der Waals surface area (Å²) in [5, 5.41) is 0. The number of nitrogens with two attached hydrogens (primary N) is 1. The van der Waals surface area contributed by atoms with Crippen LogP contribution in [-0.4, -0.2) is 13.2 Å². The van der Waals surface area contributed by atoms with Crippen LogP contribution < -0.4 is 10.5 Å². The van der Waals surface area contributed by atoms with Gasteiger partial charge in [-0.2, -0.15) is 0 Å². The number of ether oxygens (including phenoxy) is 1. The summed E-state index contributed by atoms with van der Waals surface area (Å²) in [7, 11) is 0. The molecule has 0 aliphatic rings. The lowest BCUT2D eigenvalue weighted by Crippen LogP contribution is -2.25. The van der Waals surface area contributed by atoms with Gasteiger partial charge in [0.05, 0.1) is 6.61 Å². The molecule has 0 aliphatic heterocycles. The van der Waals surface area contributed by atoms with Crippen LogP contribution in [0.4, 0.5) is 0 Å². The summed E-state index contributed by atoms with van der Waals surface area (Å²) in [4.78, 5) is 0. The minimum Gasteiger partial charge on any atom is -0.494 e. The quantitative estimate of drug-likeness (QED) is 0.893. The van der Waals surface area contributed by atoms with Gasteiger partial charge in [0.2, 0.25) is 0 Å². The average molecular weight is 272 g/mol. The zero-order valence-corrected chi connectivity index (χ0v) is 10.9. The standard InChI is InChI=1S/C12H18BrNO/c1-12(2,9-14)6-7-15-11-5-3-4-10(13)8-11/h3-5,8H,6-7,9,14H2,1-2H3. The van der Waals surface area contributed by atoms with E-state index in [2.05, 4.69) is 29.8 Å². The van der Waals surface area contributed by atoms with Gasteiger partial charge in [-0.25, -0.2) is 0 Å². The second-order valence-corrected chi connectivity index (χ2v) is 5.34. The Labute approximate surface area is 99.9 Å². The first-order chi connectivity index (χ1) is 7.03. The van der Waals surface area contributed by atoms with E-state index in [-0.39, 0.29) is 5.41 Å². The smallest absolute Gasteiger partial charge is 0.120 e. The highest BCUT2D eigenvalue weighted by atomic mass is 79.9. The molecule has 0 heterocycles. The Balaban J connectivity index is 2.38. The fraction of sp³-hybridized carbons (Fsp3) is 0.500. The zero-order chi connectivity index (χ0) is 11.3. The molecule has 1 aromatic rings. The van der Waals surface area contributed by atoms with E-state index in [1.807, 2.05) is 24.3 Å². The third-order valence-corrected chi connectivity index (χ3v) is 2.89. The Morgan fingerprint density at radius 1 is 1.40 bits per heavy atom. The molecule has 0 unspecified atom stereocenters. The Kier molecular flexibility index (Phi) is 4.61. The molecule has 0 aliphatic carbocycles. The summed E-state index contributed by atoms with van der Waals surface area (Å²) in [6.45, 7) is 5.70. The van der Waals surface area contributed by atoms with Gasteiger partial charge in [0.1, 0.15) is 5.75 Å². The van der Waals surface area contributed by atoms with Crippen molar-refractivity contribution in [2.45, 2.75) is 20.3 Å². The van der Waals surface area contributed by atoms with E-state index in [9.17, 15) is 0 Å². The molecule has 2 nitrogen and oxygen atoms in total. The topological polar surface area (TPSA) is 35.2 Å². The first-order valence-corrected chi connectivity index (χ1v) is 5.91. The average Bonchev–Trinajstić information content (AvgIpc) is 2.18. The number of hydrogen-bond donors (Lipinski definition) is 1. The Morgan fingerprint density at radius 3 is 2.73 bits per heavy atom. The van der Waals surface area contributed by atoms with Crippen LogP contribution >= 0.6 is 15.9 Å². The van der Waals surface area contributed by atoms with E-state index in [0.29, 0.717) is 13.2 Å². The van der Waals surface area contributed by atoms with E-state index in [1.165, 1.54) is 0 Å². The van der Waals surface area contributed by atoms with Crippen LogP contribution in [0.25, 0.3) is 0 Å². The maximum Gasteiger partial charge on any atom is 0.120 e. The second kappa shape index (κ2) is 5.52. The normalized spacial score (nSPS) is 11.5. The maximum atomic E-state index is 5.65. The number of hydrogen-bond acceptors (Lipinski definition) is 2. The minimum atomic E-state index is 0.159. The van der Waals surface area contributed by atoms with Gasteiger partial charge in [-0.1, -0.05) is 35.8 Å². The van der Waals surface area contributed by atoms with Gasteiger partial charge in [-0.05, 0) is 36.6 Å². The Hall–Kier alpha value is -0.540. The van der Waals surface area contributed by atoms with E-state index in [1.54, 1.807) is 0 Å². The van der Waals surface area contributed by atoms with Gasteiger partial charge in [-0.3, -0.25) is 0 Å². The van der Waals surface area contributed by atoms with Crippen LogP contribution in [0.3, 0.4) is 0 Å². The lowest BCUT2D eigenvalue weighted by molar-refractivity contribution is 0.233. The van der Waals surface area contributed by atoms with Gasteiger partial charge >= 0.3 is 0 Å².